The minimum absolute atomic E-state index is 0.0127. The average molecular weight is 281 g/mol. The van der Waals surface area contributed by atoms with Gasteiger partial charge < -0.3 is 10.5 Å². The van der Waals surface area contributed by atoms with Crippen LogP contribution in [0.15, 0.2) is 24.3 Å². The molecule has 0 saturated heterocycles. The zero-order valence-corrected chi connectivity index (χ0v) is 10.6. The number of ether oxygens (including phenoxy) is 1. The van der Waals surface area contributed by atoms with Crippen molar-refractivity contribution < 1.29 is 9.66 Å². The predicted molar refractivity (Wildman–Crippen MR) is 69.4 cm³/mol. The smallest absolute Gasteiger partial charge is 0.288 e. The van der Waals surface area contributed by atoms with E-state index in [0.717, 1.165) is 0 Å². The van der Waals surface area contributed by atoms with Gasteiger partial charge in [-0.05, 0) is 13.0 Å². The quantitative estimate of drug-likeness (QED) is 0.684. The molecule has 0 aliphatic heterocycles. The van der Waals surface area contributed by atoms with E-state index >= 15 is 0 Å². The molecule has 0 unspecified atom stereocenters. The molecular formula is C11H9ClN4O3. The third kappa shape index (κ3) is 3.08. The van der Waals surface area contributed by atoms with Crippen LogP contribution in [0.1, 0.15) is 5.69 Å². The Kier molecular flexibility index (Phi) is 3.48. The number of hydrogen-bond donors (Lipinski definition) is 1. The Bertz CT molecular complexity index is 628. The van der Waals surface area contributed by atoms with E-state index in [1.54, 1.807) is 13.0 Å². The summed E-state index contributed by atoms with van der Waals surface area (Å²) in [6, 6.07) is 5.62. The van der Waals surface area contributed by atoms with Crippen molar-refractivity contribution >= 4 is 23.2 Å². The molecule has 0 spiro atoms. The fourth-order valence-corrected chi connectivity index (χ4v) is 1.67. The number of rotatable bonds is 3. The number of aryl methyl sites for hydroxylation is 1. The maximum Gasteiger partial charge on any atom is 0.288 e. The van der Waals surface area contributed by atoms with Crippen LogP contribution < -0.4 is 10.5 Å². The molecule has 0 aliphatic carbocycles. The Morgan fingerprint density at radius 1 is 1.37 bits per heavy atom. The summed E-state index contributed by atoms with van der Waals surface area (Å²) in [6.45, 7) is 1.74. The summed E-state index contributed by atoms with van der Waals surface area (Å²) in [5.41, 5.74) is 5.95. The molecule has 8 heteroatoms. The Hall–Kier alpha value is -2.41. The lowest BCUT2D eigenvalue weighted by molar-refractivity contribution is -0.384. The fourth-order valence-electron chi connectivity index (χ4n) is 1.43. The number of nitro groups is 1. The number of nitrogens with two attached hydrogens (primary N) is 1. The van der Waals surface area contributed by atoms with E-state index in [4.69, 9.17) is 22.1 Å². The average Bonchev–Trinajstić information content (AvgIpc) is 2.26. The van der Waals surface area contributed by atoms with E-state index in [-0.39, 0.29) is 22.5 Å². The number of nitro benzene ring substituents is 1. The van der Waals surface area contributed by atoms with Crippen LogP contribution in [0, 0.1) is 17.0 Å². The molecule has 2 N–H and O–H groups in total. The van der Waals surface area contributed by atoms with E-state index in [0.29, 0.717) is 11.4 Å². The maximum atomic E-state index is 10.6. The maximum absolute atomic E-state index is 10.6. The highest BCUT2D eigenvalue weighted by atomic mass is 35.5. The van der Waals surface area contributed by atoms with Crippen molar-refractivity contribution in [2.45, 2.75) is 6.92 Å². The Balaban J connectivity index is 2.28. The van der Waals surface area contributed by atoms with Gasteiger partial charge in [-0.3, -0.25) is 10.1 Å². The van der Waals surface area contributed by atoms with Crippen molar-refractivity contribution in [3.8, 4) is 11.6 Å². The third-order valence-corrected chi connectivity index (χ3v) is 2.49. The van der Waals surface area contributed by atoms with Crippen LogP contribution in [0.3, 0.4) is 0 Å². The topological polar surface area (TPSA) is 104 Å². The molecule has 0 amide bonds. The lowest BCUT2D eigenvalue weighted by Gasteiger charge is -2.06. The van der Waals surface area contributed by atoms with E-state index < -0.39 is 4.92 Å². The largest absolute Gasteiger partial charge is 0.439 e. The molecule has 0 fully saturated rings. The van der Waals surface area contributed by atoms with Crippen LogP contribution >= 0.6 is 11.6 Å². The van der Waals surface area contributed by atoms with E-state index in [1.165, 1.54) is 18.2 Å². The highest BCUT2D eigenvalue weighted by molar-refractivity contribution is 6.32. The van der Waals surface area contributed by atoms with E-state index in [2.05, 4.69) is 9.97 Å². The minimum atomic E-state index is -0.570. The van der Waals surface area contributed by atoms with Gasteiger partial charge in [0.2, 0.25) is 11.8 Å². The standard InChI is InChI=1S/C11H9ClN4O3/c1-6-4-10(15-11(13)14-6)19-7-2-3-9(16(17)18)8(12)5-7/h2-5H,1H3,(H2,13,14,15). The molecule has 98 valence electrons. The van der Waals surface area contributed by atoms with Crippen LogP contribution in [0.5, 0.6) is 11.6 Å². The first-order valence-corrected chi connectivity index (χ1v) is 5.56. The Morgan fingerprint density at radius 3 is 2.68 bits per heavy atom. The molecule has 1 aromatic carbocycles. The number of halogens is 1. The highest BCUT2D eigenvalue weighted by Crippen LogP contribution is 2.30. The van der Waals surface area contributed by atoms with Gasteiger partial charge in [0.1, 0.15) is 10.8 Å². The van der Waals surface area contributed by atoms with Gasteiger partial charge in [-0.15, -0.1) is 0 Å². The molecular weight excluding hydrogens is 272 g/mol. The van der Waals surface area contributed by atoms with E-state index in [1.807, 2.05) is 0 Å². The lowest BCUT2D eigenvalue weighted by atomic mass is 10.3. The number of nitrogen functional groups attached to an aromatic ring is 1. The summed E-state index contributed by atoms with van der Waals surface area (Å²) < 4.78 is 5.42. The van der Waals surface area contributed by atoms with Crippen LogP contribution in [-0.2, 0) is 0 Å². The van der Waals surface area contributed by atoms with Gasteiger partial charge in [-0.25, -0.2) is 4.98 Å². The molecule has 7 nitrogen and oxygen atoms in total. The van der Waals surface area contributed by atoms with Crippen molar-refractivity contribution in [1.29, 1.82) is 0 Å². The zero-order valence-electron chi connectivity index (χ0n) is 9.83. The fraction of sp³-hybridized carbons (Fsp3) is 0.0909. The highest BCUT2D eigenvalue weighted by Gasteiger charge is 2.13. The minimum Gasteiger partial charge on any atom is -0.439 e. The summed E-state index contributed by atoms with van der Waals surface area (Å²) in [5, 5.41) is 10.6. The van der Waals surface area contributed by atoms with Gasteiger partial charge in [0.25, 0.3) is 5.69 Å². The number of benzene rings is 1. The SMILES string of the molecule is Cc1cc(Oc2ccc([N+](=O)[O-])c(Cl)c2)nc(N)n1. The first-order valence-electron chi connectivity index (χ1n) is 5.18. The van der Waals surface area contributed by atoms with Gasteiger partial charge in [0, 0.05) is 23.9 Å². The lowest BCUT2D eigenvalue weighted by Crippen LogP contribution is -1.98. The van der Waals surface area contributed by atoms with Gasteiger partial charge in [0.15, 0.2) is 0 Å². The van der Waals surface area contributed by atoms with Crippen LogP contribution in [-0.4, -0.2) is 14.9 Å². The third-order valence-electron chi connectivity index (χ3n) is 2.19. The summed E-state index contributed by atoms with van der Waals surface area (Å²) in [5.74, 6) is 0.658. The number of nitrogens with zero attached hydrogens (tertiary/aromatic N) is 3. The summed E-state index contributed by atoms with van der Waals surface area (Å²) >= 11 is 5.77. The molecule has 0 aliphatic rings. The van der Waals surface area contributed by atoms with Crippen LogP contribution in [0.4, 0.5) is 11.6 Å². The summed E-state index contributed by atoms with van der Waals surface area (Å²) in [4.78, 5) is 17.8. The molecule has 1 heterocycles. The molecule has 1 aromatic heterocycles. The molecule has 0 radical (unpaired) electrons. The second kappa shape index (κ2) is 5.07. The molecule has 0 bridgehead atoms. The predicted octanol–water partition coefficient (Wildman–Crippen LogP) is 2.72. The van der Waals surface area contributed by atoms with Crippen molar-refractivity contribution in [3.63, 3.8) is 0 Å². The number of anilines is 1. The molecule has 0 atom stereocenters. The number of aromatic nitrogens is 2. The summed E-state index contributed by atoms with van der Waals surface area (Å²) in [6.07, 6.45) is 0. The normalized spacial score (nSPS) is 10.2. The van der Waals surface area contributed by atoms with Crippen molar-refractivity contribution in [3.05, 3.63) is 45.1 Å². The second-order valence-electron chi connectivity index (χ2n) is 3.68. The van der Waals surface area contributed by atoms with E-state index in [9.17, 15) is 10.1 Å². The molecule has 2 aromatic rings. The zero-order chi connectivity index (χ0) is 14.0. The first kappa shape index (κ1) is 13.0. The Labute approximate surface area is 113 Å². The van der Waals surface area contributed by atoms with Gasteiger partial charge >= 0.3 is 0 Å². The monoisotopic (exact) mass is 280 g/mol. The van der Waals surface area contributed by atoms with Crippen molar-refractivity contribution in [2.24, 2.45) is 0 Å². The van der Waals surface area contributed by atoms with Crippen LogP contribution in [0.25, 0.3) is 0 Å². The number of hydrogen-bond acceptors (Lipinski definition) is 6. The van der Waals surface area contributed by atoms with Gasteiger partial charge in [-0.2, -0.15) is 4.98 Å². The van der Waals surface area contributed by atoms with Gasteiger partial charge in [-0.1, -0.05) is 11.6 Å². The van der Waals surface area contributed by atoms with Crippen molar-refractivity contribution in [1.82, 2.24) is 9.97 Å². The molecule has 0 saturated carbocycles. The van der Waals surface area contributed by atoms with Gasteiger partial charge in [0.05, 0.1) is 4.92 Å². The molecule has 19 heavy (non-hydrogen) atoms. The Morgan fingerprint density at radius 2 is 2.11 bits per heavy atom. The summed E-state index contributed by atoms with van der Waals surface area (Å²) in [7, 11) is 0. The molecule has 2 rings (SSSR count). The second-order valence-corrected chi connectivity index (χ2v) is 4.09. The van der Waals surface area contributed by atoms with Crippen LogP contribution in [0.2, 0.25) is 5.02 Å². The van der Waals surface area contributed by atoms with Crippen molar-refractivity contribution in [2.75, 3.05) is 5.73 Å². The first-order chi connectivity index (χ1) is 8.95.